The van der Waals surface area contributed by atoms with Crippen molar-refractivity contribution in [1.29, 1.82) is 0 Å². The monoisotopic (exact) mass is 405 g/mol. The van der Waals surface area contributed by atoms with Crippen LogP contribution < -0.4 is 5.73 Å². The number of aliphatic imine (C=N–C) groups is 1. The lowest BCUT2D eigenvalue weighted by molar-refractivity contribution is 0.449. The van der Waals surface area contributed by atoms with E-state index in [0.29, 0.717) is 5.96 Å². The molecule has 0 unspecified atom stereocenters. The van der Waals surface area contributed by atoms with E-state index in [1.807, 2.05) is 17.8 Å². The van der Waals surface area contributed by atoms with Gasteiger partial charge in [0, 0.05) is 30.0 Å². The number of thioether (sulfide) groups is 1. The highest BCUT2D eigenvalue weighted by Gasteiger charge is 2.20. The van der Waals surface area contributed by atoms with Crippen molar-refractivity contribution >= 4 is 41.7 Å². The smallest absolute Gasteiger partial charge is 0.191 e. The Morgan fingerprint density at radius 2 is 1.85 bits per heavy atom. The van der Waals surface area contributed by atoms with Gasteiger partial charge in [0.1, 0.15) is 0 Å². The Balaban J connectivity index is 0.00000200. The summed E-state index contributed by atoms with van der Waals surface area (Å²) in [6.07, 6.45) is 0. The van der Waals surface area contributed by atoms with Crippen molar-refractivity contribution in [3.05, 3.63) is 35.9 Å². The molecule has 0 bridgehead atoms. The highest BCUT2D eigenvalue weighted by molar-refractivity contribution is 14.0. The second kappa shape index (κ2) is 8.12. The fraction of sp³-hybridized carbons (Fsp3) is 0.533. The van der Waals surface area contributed by atoms with Crippen LogP contribution in [0, 0.1) is 0 Å². The normalized spacial score (nSPS) is 16.7. The van der Waals surface area contributed by atoms with Crippen molar-refractivity contribution in [2.24, 2.45) is 10.7 Å². The van der Waals surface area contributed by atoms with Crippen molar-refractivity contribution in [3.8, 4) is 0 Å². The van der Waals surface area contributed by atoms with E-state index in [4.69, 9.17) is 5.73 Å². The minimum Gasteiger partial charge on any atom is -0.370 e. The maximum absolute atomic E-state index is 6.10. The number of halogens is 1. The van der Waals surface area contributed by atoms with Crippen molar-refractivity contribution in [1.82, 2.24) is 4.90 Å². The number of benzene rings is 1. The van der Waals surface area contributed by atoms with Crippen molar-refractivity contribution in [3.63, 3.8) is 0 Å². The number of guanidine groups is 1. The minimum absolute atomic E-state index is 0. The molecule has 2 rings (SSSR count). The van der Waals surface area contributed by atoms with E-state index in [0.717, 1.165) is 31.1 Å². The van der Waals surface area contributed by atoms with Gasteiger partial charge in [-0.3, -0.25) is 4.99 Å². The van der Waals surface area contributed by atoms with Crippen molar-refractivity contribution in [2.75, 3.05) is 31.1 Å². The molecule has 20 heavy (non-hydrogen) atoms. The van der Waals surface area contributed by atoms with Gasteiger partial charge in [-0.25, -0.2) is 0 Å². The standard InChI is InChI=1S/C15H23N3S.HI/c1-15(2,13-6-4-3-5-7-13)12-17-14(16)18-8-10-19-11-9-18;/h3-7H,8-12H2,1-2H3,(H2,16,17);1H. The lowest BCUT2D eigenvalue weighted by Crippen LogP contribution is -2.43. The molecule has 0 amide bonds. The van der Waals surface area contributed by atoms with Gasteiger partial charge in [-0.15, -0.1) is 24.0 Å². The van der Waals surface area contributed by atoms with Gasteiger partial charge in [0.15, 0.2) is 5.96 Å². The van der Waals surface area contributed by atoms with Gasteiger partial charge in [-0.2, -0.15) is 11.8 Å². The Labute approximate surface area is 143 Å². The predicted molar refractivity (Wildman–Crippen MR) is 100 cm³/mol. The molecule has 1 aromatic carbocycles. The molecule has 3 nitrogen and oxygen atoms in total. The van der Waals surface area contributed by atoms with Crippen LogP contribution in [0.25, 0.3) is 0 Å². The average molecular weight is 405 g/mol. The number of rotatable bonds is 3. The zero-order valence-corrected chi connectivity index (χ0v) is 15.4. The molecular weight excluding hydrogens is 381 g/mol. The lowest BCUT2D eigenvalue weighted by Gasteiger charge is -2.29. The molecule has 0 radical (unpaired) electrons. The molecule has 0 aromatic heterocycles. The summed E-state index contributed by atoms with van der Waals surface area (Å²) in [5, 5.41) is 0. The fourth-order valence-electron chi connectivity index (χ4n) is 2.15. The number of hydrogen-bond donors (Lipinski definition) is 1. The Hall–Kier alpha value is -0.430. The number of hydrogen-bond acceptors (Lipinski definition) is 2. The molecule has 1 fully saturated rings. The van der Waals surface area contributed by atoms with Gasteiger partial charge < -0.3 is 10.6 Å². The molecule has 1 aliphatic heterocycles. The van der Waals surface area contributed by atoms with Crippen LogP contribution in [0.15, 0.2) is 35.3 Å². The van der Waals surface area contributed by atoms with Crippen LogP contribution in [0.1, 0.15) is 19.4 Å². The van der Waals surface area contributed by atoms with Crippen LogP contribution in [0.2, 0.25) is 0 Å². The van der Waals surface area contributed by atoms with E-state index < -0.39 is 0 Å². The van der Waals surface area contributed by atoms with Gasteiger partial charge in [-0.05, 0) is 5.56 Å². The first kappa shape index (κ1) is 17.6. The Morgan fingerprint density at radius 3 is 2.45 bits per heavy atom. The molecule has 2 N–H and O–H groups in total. The summed E-state index contributed by atoms with van der Waals surface area (Å²) < 4.78 is 0. The summed E-state index contributed by atoms with van der Waals surface area (Å²) in [5.74, 6) is 3.00. The van der Waals surface area contributed by atoms with E-state index >= 15 is 0 Å². The molecule has 1 heterocycles. The third-order valence-electron chi connectivity index (χ3n) is 3.53. The first-order chi connectivity index (χ1) is 9.09. The third kappa shape index (κ3) is 4.84. The van der Waals surface area contributed by atoms with Gasteiger partial charge in [0.2, 0.25) is 0 Å². The molecule has 112 valence electrons. The first-order valence-corrected chi connectivity index (χ1v) is 7.93. The van der Waals surface area contributed by atoms with Crippen LogP contribution in [0.5, 0.6) is 0 Å². The molecule has 1 aromatic rings. The molecule has 0 atom stereocenters. The molecule has 5 heteroatoms. The summed E-state index contributed by atoms with van der Waals surface area (Å²) in [5.41, 5.74) is 7.43. The lowest BCUT2D eigenvalue weighted by atomic mass is 9.85. The number of nitrogens with zero attached hydrogens (tertiary/aromatic N) is 2. The van der Waals surface area contributed by atoms with Crippen LogP contribution in [0.4, 0.5) is 0 Å². The molecule has 1 saturated heterocycles. The largest absolute Gasteiger partial charge is 0.370 e. The highest BCUT2D eigenvalue weighted by atomic mass is 127. The summed E-state index contributed by atoms with van der Waals surface area (Å²) >= 11 is 1.98. The highest BCUT2D eigenvalue weighted by Crippen LogP contribution is 2.23. The average Bonchev–Trinajstić information content (AvgIpc) is 2.47. The first-order valence-electron chi connectivity index (χ1n) is 6.78. The van der Waals surface area contributed by atoms with Crippen LogP contribution in [0.3, 0.4) is 0 Å². The van der Waals surface area contributed by atoms with Crippen LogP contribution >= 0.6 is 35.7 Å². The zero-order chi connectivity index (χ0) is 13.7. The second-order valence-corrected chi connectivity index (χ2v) is 6.75. The summed E-state index contributed by atoms with van der Waals surface area (Å²) in [4.78, 5) is 6.80. The second-order valence-electron chi connectivity index (χ2n) is 5.52. The van der Waals surface area contributed by atoms with Gasteiger partial charge in [0.05, 0.1) is 6.54 Å². The molecular formula is C15H24IN3S. The topological polar surface area (TPSA) is 41.6 Å². The van der Waals surface area contributed by atoms with E-state index in [1.54, 1.807) is 0 Å². The van der Waals surface area contributed by atoms with E-state index in [2.05, 4.69) is 48.0 Å². The van der Waals surface area contributed by atoms with Gasteiger partial charge >= 0.3 is 0 Å². The van der Waals surface area contributed by atoms with Crippen LogP contribution in [-0.4, -0.2) is 42.0 Å². The summed E-state index contributed by atoms with van der Waals surface area (Å²) in [6.45, 7) is 7.19. The third-order valence-corrected chi connectivity index (χ3v) is 4.47. The van der Waals surface area contributed by atoms with Crippen LogP contribution in [-0.2, 0) is 5.41 Å². The maximum Gasteiger partial charge on any atom is 0.191 e. The molecule has 0 saturated carbocycles. The van der Waals surface area contributed by atoms with E-state index in [9.17, 15) is 0 Å². The summed E-state index contributed by atoms with van der Waals surface area (Å²) in [6, 6.07) is 10.5. The maximum atomic E-state index is 6.10. The number of nitrogens with two attached hydrogens (primary N) is 1. The Kier molecular flexibility index (Phi) is 7.15. The Bertz CT molecular complexity index is 428. The molecule has 1 aliphatic rings. The molecule has 0 spiro atoms. The zero-order valence-electron chi connectivity index (χ0n) is 12.2. The predicted octanol–water partition coefficient (Wildman–Crippen LogP) is 2.95. The van der Waals surface area contributed by atoms with E-state index in [1.165, 1.54) is 5.56 Å². The SMILES string of the molecule is CC(C)(CN=C(N)N1CCSCC1)c1ccccc1.I. The quantitative estimate of drug-likeness (QED) is 0.478. The van der Waals surface area contributed by atoms with Crippen molar-refractivity contribution in [2.45, 2.75) is 19.3 Å². The fourth-order valence-corrected chi connectivity index (χ4v) is 3.05. The van der Waals surface area contributed by atoms with Gasteiger partial charge in [-0.1, -0.05) is 44.2 Å². The Morgan fingerprint density at radius 1 is 1.25 bits per heavy atom. The minimum atomic E-state index is 0. The van der Waals surface area contributed by atoms with E-state index in [-0.39, 0.29) is 29.4 Å². The summed E-state index contributed by atoms with van der Waals surface area (Å²) in [7, 11) is 0. The van der Waals surface area contributed by atoms with Gasteiger partial charge in [0.25, 0.3) is 0 Å². The van der Waals surface area contributed by atoms with Crippen molar-refractivity contribution < 1.29 is 0 Å². The molecule has 0 aliphatic carbocycles.